The topological polar surface area (TPSA) is 60.5 Å². The molecule has 1 N–H and O–H groups in total. The molecule has 1 aromatic heterocycles. The van der Waals surface area contributed by atoms with Crippen LogP contribution in [-0.2, 0) is 27.2 Å². The van der Waals surface area contributed by atoms with Crippen molar-refractivity contribution in [2.45, 2.75) is 52.2 Å². The van der Waals surface area contributed by atoms with Crippen molar-refractivity contribution < 1.29 is 14.3 Å². The molecule has 1 atom stereocenters. The monoisotopic (exact) mass is 312 g/mol. The minimum Gasteiger partial charge on any atom is -0.376 e. The van der Waals surface area contributed by atoms with Crippen LogP contribution in [0, 0.1) is 6.92 Å². The van der Waals surface area contributed by atoms with Crippen molar-refractivity contribution >= 4 is 17.2 Å². The third-order valence-corrected chi connectivity index (χ3v) is 4.49. The molecule has 6 heteroatoms. The lowest BCUT2D eigenvalue weighted by Gasteiger charge is -2.22. The predicted molar refractivity (Wildman–Crippen MR) is 82.5 cm³/mol. The number of amides is 1. The van der Waals surface area contributed by atoms with E-state index in [1.165, 1.54) is 6.42 Å². The largest absolute Gasteiger partial charge is 0.376 e. The van der Waals surface area contributed by atoms with Gasteiger partial charge in [-0.2, -0.15) is 0 Å². The van der Waals surface area contributed by atoms with Crippen molar-refractivity contribution in [1.82, 2.24) is 10.3 Å². The van der Waals surface area contributed by atoms with Gasteiger partial charge in [0.1, 0.15) is 6.61 Å². The fourth-order valence-electron chi connectivity index (χ4n) is 2.38. The van der Waals surface area contributed by atoms with E-state index >= 15 is 0 Å². The van der Waals surface area contributed by atoms with Gasteiger partial charge in [0.25, 0.3) is 0 Å². The van der Waals surface area contributed by atoms with Crippen molar-refractivity contribution in [2.24, 2.45) is 0 Å². The van der Waals surface area contributed by atoms with Crippen LogP contribution in [0.2, 0.25) is 0 Å². The highest BCUT2D eigenvalue weighted by Gasteiger charge is 2.14. The van der Waals surface area contributed by atoms with Gasteiger partial charge in [0.15, 0.2) is 0 Å². The minimum atomic E-state index is -0.0843. The Hall–Kier alpha value is -0.980. The van der Waals surface area contributed by atoms with Gasteiger partial charge in [-0.1, -0.05) is 6.92 Å². The molecule has 2 heterocycles. The van der Waals surface area contributed by atoms with Crippen LogP contribution in [0.1, 0.15) is 41.8 Å². The molecule has 118 valence electrons. The summed E-state index contributed by atoms with van der Waals surface area (Å²) < 4.78 is 11.0. The standard InChI is InChI=1S/C15H24N2O3S/c1-3-13-14(21-11(2)17-13)8-16-15(18)10-19-9-12-6-4-5-7-20-12/h12H,3-10H2,1-2H3,(H,16,18)/t12-/m1/s1. The van der Waals surface area contributed by atoms with Crippen molar-refractivity contribution in [1.29, 1.82) is 0 Å². The lowest BCUT2D eigenvalue weighted by atomic mass is 10.1. The van der Waals surface area contributed by atoms with Gasteiger partial charge >= 0.3 is 0 Å². The molecule has 0 bridgehead atoms. The Morgan fingerprint density at radius 1 is 1.52 bits per heavy atom. The molecule has 2 rings (SSSR count). The predicted octanol–water partition coefficient (Wildman–Crippen LogP) is 2.22. The number of hydrogen-bond acceptors (Lipinski definition) is 5. The van der Waals surface area contributed by atoms with Gasteiger partial charge < -0.3 is 14.8 Å². The summed E-state index contributed by atoms with van der Waals surface area (Å²) in [6.07, 6.45) is 4.39. The van der Waals surface area contributed by atoms with Crippen LogP contribution in [0.15, 0.2) is 0 Å². The highest BCUT2D eigenvalue weighted by atomic mass is 32.1. The van der Waals surface area contributed by atoms with Gasteiger partial charge in [0.05, 0.1) is 30.0 Å². The van der Waals surface area contributed by atoms with E-state index in [0.717, 1.165) is 41.4 Å². The number of nitrogens with zero attached hydrogens (tertiary/aromatic N) is 1. The highest BCUT2D eigenvalue weighted by molar-refractivity contribution is 7.11. The Morgan fingerprint density at radius 3 is 3.10 bits per heavy atom. The Labute approximate surface area is 130 Å². The zero-order valence-corrected chi connectivity index (χ0v) is 13.6. The van der Waals surface area contributed by atoms with Gasteiger partial charge in [-0.3, -0.25) is 4.79 Å². The quantitative estimate of drug-likeness (QED) is 0.838. The van der Waals surface area contributed by atoms with Crippen LogP contribution < -0.4 is 5.32 Å². The number of aryl methyl sites for hydroxylation is 2. The summed E-state index contributed by atoms with van der Waals surface area (Å²) in [7, 11) is 0. The van der Waals surface area contributed by atoms with Crippen LogP contribution >= 0.6 is 11.3 Å². The van der Waals surface area contributed by atoms with Crippen molar-refractivity contribution in [3.63, 3.8) is 0 Å². The van der Waals surface area contributed by atoms with E-state index in [0.29, 0.717) is 13.2 Å². The summed E-state index contributed by atoms with van der Waals surface area (Å²) in [5.74, 6) is -0.0843. The molecule has 0 aromatic carbocycles. The van der Waals surface area contributed by atoms with Crippen LogP contribution in [-0.4, -0.2) is 36.8 Å². The van der Waals surface area contributed by atoms with E-state index in [-0.39, 0.29) is 18.6 Å². The summed E-state index contributed by atoms with van der Waals surface area (Å²) in [6, 6.07) is 0. The van der Waals surface area contributed by atoms with Gasteiger partial charge in [0, 0.05) is 11.5 Å². The maximum atomic E-state index is 11.8. The fraction of sp³-hybridized carbons (Fsp3) is 0.733. The first kappa shape index (κ1) is 16.4. The van der Waals surface area contributed by atoms with E-state index in [1.807, 2.05) is 6.92 Å². The maximum absolute atomic E-state index is 11.8. The first-order valence-electron chi connectivity index (χ1n) is 7.60. The fourth-order valence-corrected chi connectivity index (χ4v) is 3.34. The Balaban J connectivity index is 1.65. The molecule has 0 unspecified atom stereocenters. The third kappa shape index (κ3) is 5.37. The first-order valence-corrected chi connectivity index (χ1v) is 8.42. The van der Waals surface area contributed by atoms with Gasteiger partial charge in [0.2, 0.25) is 5.91 Å². The molecule has 1 aliphatic heterocycles. The molecular weight excluding hydrogens is 288 g/mol. The van der Waals surface area contributed by atoms with Gasteiger partial charge in [-0.25, -0.2) is 4.98 Å². The summed E-state index contributed by atoms with van der Waals surface area (Å²) in [6.45, 7) is 6.02. The molecule has 1 fully saturated rings. The zero-order chi connectivity index (χ0) is 15.1. The third-order valence-electron chi connectivity index (χ3n) is 3.48. The number of nitrogens with one attached hydrogen (secondary N) is 1. The number of aromatic nitrogens is 1. The second-order valence-corrected chi connectivity index (χ2v) is 6.52. The van der Waals surface area contributed by atoms with E-state index in [9.17, 15) is 4.79 Å². The number of carbonyl (C=O) groups excluding carboxylic acids is 1. The molecule has 1 amide bonds. The van der Waals surface area contributed by atoms with E-state index < -0.39 is 0 Å². The molecule has 1 aromatic rings. The molecule has 1 aliphatic rings. The van der Waals surface area contributed by atoms with Crippen molar-refractivity contribution in [3.8, 4) is 0 Å². The molecule has 0 aliphatic carbocycles. The molecule has 0 saturated carbocycles. The molecular formula is C15H24N2O3S. The molecule has 5 nitrogen and oxygen atoms in total. The molecule has 0 spiro atoms. The average molecular weight is 312 g/mol. The lowest BCUT2D eigenvalue weighted by Crippen LogP contribution is -2.30. The summed E-state index contributed by atoms with van der Waals surface area (Å²) in [4.78, 5) is 17.4. The smallest absolute Gasteiger partial charge is 0.246 e. The number of ether oxygens (including phenoxy) is 2. The van der Waals surface area contributed by atoms with Crippen LogP contribution in [0.3, 0.4) is 0 Å². The summed E-state index contributed by atoms with van der Waals surface area (Å²) in [5.41, 5.74) is 1.08. The van der Waals surface area contributed by atoms with Gasteiger partial charge in [-0.05, 0) is 32.6 Å². The minimum absolute atomic E-state index is 0.0843. The number of hydrogen-bond donors (Lipinski definition) is 1. The van der Waals surface area contributed by atoms with Crippen LogP contribution in [0.4, 0.5) is 0 Å². The lowest BCUT2D eigenvalue weighted by molar-refractivity contribution is -0.128. The molecule has 0 radical (unpaired) electrons. The number of carbonyl (C=O) groups is 1. The molecule has 1 saturated heterocycles. The second kappa shape index (κ2) is 8.46. The summed E-state index contributed by atoms with van der Waals surface area (Å²) >= 11 is 1.64. The maximum Gasteiger partial charge on any atom is 0.246 e. The van der Waals surface area contributed by atoms with Crippen molar-refractivity contribution in [2.75, 3.05) is 19.8 Å². The first-order chi connectivity index (χ1) is 10.2. The van der Waals surface area contributed by atoms with Crippen LogP contribution in [0.5, 0.6) is 0 Å². The Bertz CT molecular complexity index is 456. The number of rotatable bonds is 7. The highest BCUT2D eigenvalue weighted by Crippen LogP contribution is 2.18. The van der Waals surface area contributed by atoms with E-state index in [4.69, 9.17) is 9.47 Å². The van der Waals surface area contributed by atoms with E-state index in [1.54, 1.807) is 11.3 Å². The Morgan fingerprint density at radius 2 is 2.38 bits per heavy atom. The average Bonchev–Trinajstić information content (AvgIpc) is 2.86. The summed E-state index contributed by atoms with van der Waals surface area (Å²) in [5, 5.41) is 3.93. The SMILES string of the molecule is CCc1nc(C)sc1CNC(=O)COC[C@H]1CCCCO1. The van der Waals surface area contributed by atoms with E-state index in [2.05, 4.69) is 17.2 Å². The second-order valence-electron chi connectivity index (χ2n) is 5.24. The molecule has 21 heavy (non-hydrogen) atoms. The number of thiazole rings is 1. The zero-order valence-electron chi connectivity index (χ0n) is 12.8. The van der Waals surface area contributed by atoms with Crippen molar-refractivity contribution in [3.05, 3.63) is 15.6 Å². The normalized spacial score (nSPS) is 18.7. The Kier molecular flexibility index (Phi) is 6.60. The van der Waals surface area contributed by atoms with Gasteiger partial charge in [-0.15, -0.1) is 11.3 Å². The van der Waals surface area contributed by atoms with Crippen LogP contribution in [0.25, 0.3) is 0 Å².